The summed E-state index contributed by atoms with van der Waals surface area (Å²) in [4.78, 5) is 10.4. The topological polar surface area (TPSA) is 116 Å². The molecule has 0 aliphatic carbocycles. The Labute approximate surface area is 161 Å². The number of nitrogens with two attached hydrogens (primary N) is 1. The van der Waals surface area contributed by atoms with Gasteiger partial charge in [-0.1, -0.05) is 12.5 Å². The Morgan fingerprint density at radius 1 is 1.24 bits per heavy atom. The molecule has 0 aliphatic rings. The third-order valence-corrected chi connectivity index (χ3v) is 4.16. The zero-order valence-corrected chi connectivity index (χ0v) is 16.9. The van der Waals surface area contributed by atoms with E-state index >= 15 is 0 Å². The van der Waals surface area contributed by atoms with E-state index in [0.29, 0.717) is 13.0 Å². The number of rotatable bonds is 17. The molecule has 0 saturated carbocycles. The summed E-state index contributed by atoms with van der Waals surface area (Å²) in [5.74, 6) is 0. The molecule has 147 valence electrons. The monoisotopic (exact) mass is 419 g/mol. The van der Waals surface area contributed by atoms with Crippen LogP contribution < -0.4 is 5.73 Å². The Bertz CT molecular complexity index is 388. The minimum Gasteiger partial charge on any atom is -0.648 e. The second-order valence-electron chi connectivity index (χ2n) is 4.68. The molecule has 0 amide bonds. The van der Waals surface area contributed by atoms with Gasteiger partial charge in [-0.2, -0.15) is 0 Å². The maximum atomic E-state index is 12.3. The average molecular weight is 419 g/mol. The van der Waals surface area contributed by atoms with Crippen molar-refractivity contribution in [2.75, 3.05) is 46.7 Å². The molecular formula is C14H27NO8PV-. The van der Waals surface area contributed by atoms with Crippen LogP contribution in [0, 0.1) is 0 Å². The Kier molecular flexibility index (Phi) is 18.6. The fourth-order valence-corrected chi connectivity index (χ4v) is 2.55. The van der Waals surface area contributed by atoms with Crippen LogP contribution in [0.5, 0.6) is 0 Å². The SMILES string of the molecule is C=CCOP(=O)(OCCN)OC[C@@H](COCC[C@@H](C)OC)O[C-]=O.[V]. The van der Waals surface area contributed by atoms with E-state index in [-0.39, 0.29) is 57.6 Å². The molecular weight excluding hydrogens is 392 g/mol. The summed E-state index contributed by atoms with van der Waals surface area (Å²) in [7, 11) is -2.22. The largest absolute Gasteiger partial charge is 0.648 e. The van der Waals surface area contributed by atoms with Gasteiger partial charge in [0.1, 0.15) is 6.10 Å². The molecule has 0 saturated heterocycles. The quantitative estimate of drug-likeness (QED) is 0.161. The Hall–Kier alpha value is -0.216. The maximum absolute atomic E-state index is 12.3. The van der Waals surface area contributed by atoms with Crippen molar-refractivity contribution in [3.63, 3.8) is 0 Å². The summed E-state index contributed by atoms with van der Waals surface area (Å²) < 4.78 is 42.7. The minimum atomic E-state index is -3.83. The molecule has 0 spiro atoms. The molecule has 0 aromatic heterocycles. The molecule has 3 atom stereocenters. The van der Waals surface area contributed by atoms with Gasteiger partial charge in [-0.15, -0.1) is 6.58 Å². The van der Waals surface area contributed by atoms with Crippen molar-refractivity contribution in [1.82, 2.24) is 0 Å². The fraction of sp³-hybridized carbons (Fsp3) is 0.786. The third-order valence-electron chi connectivity index (χ3n) is 2.73. The van der Waals surface area contributed by atoms with Crippen LogP contribution in [-0.2, 0) is 55.7 Å². The first-order valence-corrected chi connectivity index (χ1v) is 8.95. The second-order valence-corrected chi connectivity index (χ2v) is 6.35. The van der Waals surface area contributed by atoms with Crippen LogP contribution in [0.1, 0.15) is 13.3 Å². The van der Waals surface area contributed by atoms with Crippen LogP contribution >= 0.6 is 7.82 Å². The predicted molar refractivity (Wildman–Crippen MR) is 87.2 cm³/mol. The number of hydrogen-bond donors (Lipinski definition) is 1. The van der Waals surface area contributed by atoms with Gasteiger partial charge in [-0.05, 0) is 13.3 Å². The van der Waals surface area contributed by atoms with Gasteiger partial charge in [-0.3, -0.25) is 13.6 Å². The Morgan fingerprint density at radius 3 is 2.52 bits per heavy atom. The summed E-state index contributed by atoms with van der Waals surface area (Å²) in [5, 5.41) is 0. The summed E-state index contributed by atoms with van der Waals surface area (Å²) >= 11 is 0. The van der Waals surface area contributed by atoms with Crippen LogP contribution in [0.15, 0.2) is 12.7 Å². The van der Waals surface area contributed by atoms with Gasteiger partial charge in [0, 0.05) is 38.8 Å². The van der Waals surface area contributed by atoms with Gasteiger partial charge in [-0.25, -0.2) is 4.57 Å². The molecule has 1 unspecified atom stereocenters. The van der Waals surface area contributed by atoms with Gasteiger partial charge in [0.05, 0.1) is 32.5 Å². The molecule has 0 aromatic carbocycles. The van der Waals surface area contributed by atoms with E-state index in [9.17, 15) is 9.36 Å². The van der Waals surface area contributed by atoms with Crippen LogP contribution in [0.4, 0.5) is 0 Å². The number of carbonyl (C=O) groups excluding carboxylic acids is 1. The Balaban J connectivity index is 0. The first-order chi connectivity index (χ1) is 11.5. The van der Waals surface area contributed by atoms with Crippen molar-refractivity contribution in [2.45, 2.75) is 25.6 Å². The zero-order valence-electron chi connectivity index (χ0n) is 14.6. The van der Waals surface area contributed by atoms with Crippen LogP contribution in [0.2, 0.25) is 0 Å². The van der Waals surface area contributed by atoms with Crippen molar-refractivity contribution < 1.29 is 55.7 Å². The van der Waals surface area contributed by atoms with E-state index in [0.717, 1.165) is 0 Å². The van der Waals surface area contributed by atoms with Gasteiger partial charge < -0.3 is 24.7 Å². The molecule has 0 heterocycles. The van der Waals surface area contributed by atoms with Crippen molar-refractivity contribution >= 4 is 14.3 Å². The van der Waals surface area contributed by atoms with E-state index < -0.39 is 13.9 Å². The molecule has 0 rings (SSSR count). The molecule has 0 aliphatic heterocycles. The Morgan fingerprint density at radius 2 is 1.96 bits per heavy atom. The smallest absolute Gasteiger partial charge is 0.475 e. The molecule has 0 bridgehead atoms. The number of methoxy groups -OCH3 is 1. The van der Waals surface area contributed by atoms with E-state index in [1.165, 1.54) is 12.5 Å². The molecule has 25 heavy (non-hydrogen) atoms. The number of ether oxygens (including phenoxy) is 3. The number of hydrogen-bond acceptors (Lipinski definition) is 9. The van der Waals surface area contributed by atoms with E-state index in [1.807, 2.05) is 6.92 Å². The molecule has 11 heteroatoms. The van der Waals surface area contributed by atoms with Gasteiger partial charge >= 0.3 is 7.82 Å². The van der Waals surface area contributed by atoms with Gasteiger partial charge in [0.2, 0.25) is 0 Å². The number of phosphoric acid groups is 1. The molecule has 2 N–H and O–H groups in total. The average Bonchev–Trinajstić information content (AvgIpc) is 2.59. The van der Waals surface area contributed by atoms with Gasteiger partial charge in [0.25, 0.3) is 0 Å². The minimum absolute atomic E-state index is 0. The molecule has 0 aromatic rings. The fourth-order valence-electron chi connectivity index (χ4n) is 1.36. The van der Waals surface area contributed by atoms with Crippen LogP contribution in [0.25, 0.3) is 0 Å². The van der Waals surface area contributed by atoms with E-state index in [1.54, 1.807) is 7.11 Å². The van der Waals surface area contributed by atoms with E-state index in [2.05, 4.69) is 6.58 Å². The molecule has 9 nitrogen and oxygen atoms in total. The van der Waals surface area contributed by atoms with Crippen LogP contribution in [-0.4, -0.2) is 65.4 Å². The zero-order chi connectivity index (χ0) is 18.3. The van der Waals surface area contributed by atoms with Crippen molar-refractivity contribution in [3.8, 4) is 0 Å². The number of phosphoric ester groups is 1. The predicted octanol–water partition coefficient (Wildman–Crippen LogP) is 1.18. The summed E-state index contributed by atoms with van der Waals surface area (Å²) in [6.07, 6.45) is 1.32. The first-order valence-electron chi connectivity index (χ1n) is 7.49. The van der Waals surface area contributed by atoms with Crippen LogP contribution in [0.3, 0.4) is 0 Å². The molecule has 0 fully saturated rings. The van der Waals surface area contributed by atoms with E-state index in [4.69, 9.17) is 33.5 Å². The van der Waals surface area contributed by atoms with Crippen molar-refractivity contribution in [1.29, 1.82) is 0 Å². The normalized spacial score (nSPS) is 15.5. The third kappa shape index (κ3) is 14.6. The van der Waals surface area contributed by atoms with Crippen molar-refractivity contribution in [2.24, 2.45) is 5.73 Å². The molecule has 1 radical (unpaired) electrons. The summed E-state index contributed by atoms with van der Waals surface area (Å²) in [5.41, 5.74) is 5.30. The summed E-state index contributed by atoms with van der Waals surface area (Å²) in [6.45, 7) is 6.98. The summed E-state index contributed by atoms with van der Waals surface area (Å²) in [6, 6.07) is 0. The van der Waals surface area contributed by atoms with Gasteiger partial charge in [0.15, 0.2) is 0 Å². The first kappa shape index (κ1) is 27.0. The van der Waals surface area contributed by atoms with Crippen molar-refractivity contribution in [3.05, 3.63) is 12.7 Å². The standard InChI is InChI=1S/C14H27NO8P.V/c1-4-7-21-24(17,22-9-6-15)23-11-14(20-12-16)10-19-8-5-13(2)18-3;/h4,13-14H,1,5-11,15H2,2-3H3;/q-1;/t13-,14-,24?;/m1./s1. The maximum Gasteiger partial charge on any atom is 0.475 e. The second kappa shape index (κ2) is 17.2.